The first-order chi connectivity index (χ1) is 36.7. The number of carbonyl (C=O) groups excluding carboxylic acids is 5. The number of hydrogen-bond donors (Lipinski definition) is 4. The number of phenols is 1. The molecule has 12 rings (SSSR count). The van der Waals surface area contributed by atoms with E-state index in [9.17, 15) is 29.1 Å². The molecule has 1 unspecified atom stereocenters. The summed E-state index contributed by atoms with van der Waals surface area (Å²) in [6, 6.07) is 9.68. The van der Waals surface area contributed by atoms with Crippen molar-refractivity contribution in [1.82, 2.24) is 45.2 Å². The minimum atomic E-state index is -1.05. The summed E-state index contributed by atoms with van der Waals surface area (Å²) in [7, 11) is 0. The Morgan fingerprint density at radius 2 is 1.79 bits per heavy atom. The van der Waals surface area contributed by atoms with Crippen LogP contribution in [0, 0.1) is 24.0 Å². The van der Waals surface area contributed by atoms with Crippen molar-refractivity contribution in [2.24, 2.45) is 0 Å². The Balaban J connectivity index is 0.693. The van der Waals surface area contributed by atoms with Crippen LogP contribution in [0.5, 0.6) is 11.8 Å². The topological polar surface area (TPSA) is 215 Å². The van der Waals surface area contributed by atoms with E-state index < -0.39 is 52.9 Å². The molecule has 6 fully saturated rings. The van der Waals surface area contributed by atoms with E-state index in [1.807, 2.05) is 0 Å². The number of carbonyl (C=O) groups is 5. The second kappa shape index (κ2) is 19.4. The number of phenolic OH excluding ortho intramolecular Hbond substituents is 1. The van der Waals surface area contributed by atoms with Crippen LogP contribution in [-0.4, -0.2) is 171 Å². The van der Waals surface area contributed by atoms with Gasteiger partial charge in [-0.25, -0.2) is 13.6 Å². The standard InChI is InChI=1S/C55H55F2N11O8/c1-3-36-40(56)10-7-31-21-35(69)22-38(44(31)36)47-46(57)48-39(24-59-47)49(66-26-32-8-9-33(27-66)60-32)63-53(62-48)76-29-55-14-13-34(67(55)25-30(2)23-55)28-75-54(74)65-19-17-64(18-20-65)16-15-58-41-6-4-5-37-45(41)52(73)68(51(37)72)42-11-12-43(70)61-50(42)71/h1,4-7,10,21-22,24,32-34,42,58,60,69H,2,8-9,11-20,23,25-29H2,(H,61,70,71)/t32-,33+,34-,42?,55-/m0/s1. The molecule has 0 spiro atoms. The van der Waals surface area contributed by atoms with Gasteiger partial charge in [-0.2, -0.15) is 9.97 Å². The van der Waals surface area contributed by atoms with Crippen molar-refractivity contribution in [2.45, 2.75) is 74.7 Å². The number of benzene rings is 3. The molecular weight excluding hydrogens is 981 g/mol. The first kappa shape index (κ1) is 49.1. The Labute approximate surface area is 435 Å². The third kappa shape index (κ3) is 8.67. The molecule has 2 aromatic heterocycles. The van der Waals surface area contributed by atoms with E-state index in [1.54, 1.807) is 23.1 Å². The molecule has 5 atom stereocenters. The number of pyridine rings is 1. The first-order valence-electron chi connectivity index (χ1n) is 25.8. The fourth-order valence-electron chi connectivity index (χ4n) is 12.6. The number of terminal acetylenes is 1. The smallest absolute Gasteiger partial charge is 0.409 e. The van der Waals surface area contributed by atoms with Gasteiger partial charge in [-0.15, -0.1) is 6.42 Å². The van der Waals surface area contributed by atoms with E-state index >= 15 is 8.78 Å². The van der Waals surface area contributed by atoms with Gasteiger partial charge in [0.1, 0.15) is 47.9 Å². The van der Waals surface area contributed by atoms with E-state index in [-0.39, 0.29) is 94.8 Å². The maximum atomic E-state index is 17.3. The predicted octanol–water partition coefficient (Wildman–Crippen LogP) is 4.56. The number of aromatic nitrogens is 3. The van der Waals surface area contributed by atoms with Crippen LogP contribution in [0.15, 0.2) is 60.8 Å². The van der Waals surface area contributed by atoms with Crippen molar-refractivity contribution in [3.05, 3.63) is 89.1 Å². The van der Waals surface area contributed by atoms with Gasteiger partial charge in [0.05, 0.1) is 27.6 Å². The van der Waals surface area contributed by atoms with Crippen molar-refractivity contribution < 1.29 is 47.3 Å². The third-order valence-electron chi connectivity index (χ3n) is 16.3. The number of aromatic hydroxyl groups is 1. The summed E-state index contributed by atoms with van der Waals surface area (Å²) >= 11 is 0. The lowest BCUT2D eigenvalue weighted by Crippen LogP contribution is -2.54. The van der Waals surface area contributed by atoms with Gasteiger partial charge in [-0.1, -0.05) is 30.2 Å². The van der Waals surface area contributed by atoms with Crippen molar-refractivity contribution in [1.29, 1.82) is 0 Å². The molecule has 6 saturated heterocycles. The van der Waals surface area contributed by atoms with Crippen LogP contribution in [-0.2, 0) is 14.3 Å². The molecule has 7 aliphatic rings. The molecule has 5 amide bonds. The highest BCUT2D eigenvalue weighted by atomic mass is 19.1. The molecule has 0 radical (unpaired) electrons. The zero-order valence-corrected chi connectivity index (χ0v) is 41.6. The van der Waals surface area contributed by atoms with Gasteiger partial charge in [-0.05, 0) is 74.2 Å². The van der Waals surface area contributed by atoms with E-state index in [0.29, 0.717) is 87.6 Å². The predicted molar refractivity (Wildman–Crippen MR) is 275 cm³/mol. The Kier molecular flexibility index (Phi) is 12.5. The fraction of sp³-hybridized carbons (Fsp3) is 0.418. The van der Waals surface area contributed by atoms with E-state index in [0.717, 1.165) is 36.2 Å². The van der Waals surface area contributed by atoms with Gasteiger partial charge < -0.3 is 35.0 Å². The number of anilines is 2. The Bertz CT molecular complexity index is 3330. The molecule has 9 heterocycles. The first-order valence-corrected chi connectivity index (χ1v) is 25.8. The van der Waals surface area contributed by atoms with Gasteiger partial charge >= 0.3 is 12.1 Å². The van der Waals surface area contributed by atoms with Gasteiger partial charge in [-0.3, -0.25) is 44.2 Å². The number of hydrogen-bond acceptors (Lipinski definition) is 16. The van der Waals surface area contributed by atoms with Crippen molar-refractivity contribution in [3.8, 4) is 35.4 Å². The van der Waals surface area contributed by atoms with Crippen LogP contribution >= 0.6 is 0 Å². The van der Waals surface area contributed by atoms with Gasteiger partial charge in [0.2, 0.25) is 11.8 Å². The number of nitrogens with one attached hydrogen (secondary N) is 3. The molecule has 76 heavy (non-hydrogen) atoms. The van der Waals surface area contributed by atoms with Gasteiger partial charge in [0, 0.05) is 106 Å². The number of nitrogens with zero attached hydrogens (tertiary/aromatic N) is 8. The lowest BCUT2D eigenvalue weighted by atomic mass is 9.94. The molecule has 0 aliphatic carbocycles. The molecular formula is C55H55F2N11O8. The van der Waals surface area contributed by atoms with Crippen LogP contribution in [0.25, 0.3) is 32.9 Å². The molecule has 2 bridgehead atoms. The minimum absolute atomic E-state index is 0.0225. The largest absolute Gasteiger partial charge is 0.508 e. The summed E-state index contributed by atoms with van der Waals surface area (Å²) in [4.78, 5) is 88.1. The van der Waals surface area contributed by atoms with Crippen LogP contribution in [0.4, 0.5) is 25.1 Å². The Morgan fingerprint density at radius 1 is 0.987 bits per heavy atom. The summed E-state index contributed by atoms with van der Waals surface area (Å²) in [5.41, 5.74) is 1.22. The number of fused-ring (bicyclic) bond motifs is 6. The summed E-state index contributed by atoms with van der Waals surface area (Å²) in [5.74, 6) is -0.999. The maximum absolute atomic E-state index is 17.3. The maximum Gasteiger partial charge on any atom is 0.409 e. The quantitative estimate of drug-likeness (QED) is 0.0766. The van der Waals surface area contributed by atoms with Gasteiger partial charge in [0.15, 0.2) is 5.82 Å². The average molecular weight is 1040 g/mol. The molecule has 0 saturated carbocycles. The molecule has 7 aliphatic heterocycles. The number of piperidine rings is 1. The highest BCUT2D eigenvalue weighted by Crippen LogP contribution is 2.45. The summed E-state index contributed by atoms with van der Waals surface area (Å²) in [6.07, 6.45) is 11.1. The van der Waals surface area contributed by atoms with Crippen LogP contribution < -0.4 is 25.6 Å². The molecule has 19 nitrogen and oxygen atoms in total. The van der Waals surface area contributed by atoms with Crippen LogP contribution in [0.2, 0.25) is 0 Å². The third-order valence-corrected chi connectivity index (χ3v) is 16.3. The second-order valence-corrected chi connectivity index (χ2v) is 21.0. The van der Waals surface area contributed by atoms with Crippen molar-refractivity contribution >= 4 is 62.9 Å². The SMILES string of the molecule is C#Cc1c(F)ccc2cc(O)cc(-c3ncc4c(N5C[C@H]6CC[C@@H](C5)N6)nc(OC[C@@]56CC[C@@H](COC(=O)N7CCN(CCNc8cccc9c8C(=O)N(C8CCC(=O)NC8=O)C9=O)CC7)N5CC(=C)C6)nc4c3F)c12. The van der Waals surface area contributed by atoms with Crippen molar-refractivity contribution in [2.75, 3.05) is 82.3 Å². The molecule has 3 aromatic carbocycles. The number of piperazine rings is 2. The summed E-state index contributed by atoms with van der Waals surface area (Å²) in [5, 5.41) is 20.9. The summed E-state index contributed by atoms with van der Waals surface area (Å²) in [6.45, 7) is 9.66. The minimum Gasteiger partial charge on any atom is -0.508 e. The molecule has 4 N–H and O–H groups in total. The zero-order valence-electron chi connectivity index (χ0n) is 41.6. The number of rotatable bonds is 12. The number of imide groups is 2. The highest BCUT2D eigenvalue weighted by molar-refractivity contribution is 6.25. The lowest BCUT2D eigenvalue weighted by Gasteiger charge is -2.36. The molecule has 21 heteroatoms. The van der Waals surface area contributed by atoms with E-state index in [4.69, 9.17) is 25.9 Å². The van der Waals surface area contributed by atoms with Crippen molar-refractivity contribution in [3.63, 3.8) is 0 Å². The van der Waals surface area contributed by atoms with E-state index in [1.165, 1.54) is 30.5 Å². The van der Waals surface area contributed by atoms with Crippen LogP contribution in [0.1, 0.15) is 71.2 Å². The average Bonchev–Trinajstić information content (AvgIpc) is 4.24. The monoisotopic (exact) mass is 1040 g/mol. The van der Waals surface area contributed by atoms with Crippen LogP contribution in [0.3, 0.4) is 0 Å². The number of amides is 5. The normalized spacial score (nSPS) is 24.6. The Morgan fingerprint density at radius 3 is 2.57 bits per heavy atom. The highest BCUT2D eigenvalue weighted by Gasteiger charge is 2.52. The second-order valence-electron chi connectivity index (χ2n) is 21.0. The van der Waals surface area contributed by atoms with Gasteiger partial charge in [0.25, 0.3) is 11.8 Å². The number of ether oxygens (including phenoxy) is 2. The fourth-order valence-corrected chi connectivity index (χ4v) is 12.6. The Hall–Kier alpha value is -7.80. The molecule has 392 valence electrons. The van der Waals surface area contributed by atoms with E-state index in [2.05, 4.69) is 48.1 Å². The molecule has 5 aromatic rings. The zero-order chi connectivity index (χ0) is 52.6. The number of halogens is 2. The lowest BCUT2D eigenvalue weighted by molar-refractivity contribution is -0.136. The summed E-state index contributed by atoms with van der Waals surface area (Å²) < 4.78 is 44.9.